The van der Waals surface area contributed by atoms with Gasteiger partial charge in [-0.05, 0) is 31.2 Å². The van der Waals surface area contributed by atoms with Crippen molar-refractivity contribution in [1.29, 1.82) is 0 Å². The first-order valence-corrected chi connectivity index (χ1v) is 5.84. The summed E-state index contributed by atoms with van der Waals surface area (Å²) in [6.07, 6.45) is 1.75. The van der Waals surface area contributed by atoms with Crippen LogP contribution in [0.5, 0.6) is 0 Å². The van der Waals surface area contributed by atoms with Crippen molar-refractivity contribution in [1.82, 2.24) is 4.57 Å². The molecule has 0 radical (unpaired) electrons. The predicted molar refractivity (Wildman–Crippen MR) is 69.4 cm³/mol. The number of hydrogen-bond acceptors (Lipinski definition) is 2. The third kappa shape index (κ3) is 2.42. The van der Waals surface area contributed by atoms with E-state index >= 15 is 0 Å². The number of aryl methyl sites for hydroxylation is 1. The fourth-order valence-electron chi connectivity index (χ4n) is 1.67. The van der Waals surface area contributed by atoms with Crippen molar-refractivity contribution in [2.24, 2.45) is 0 Å². The first-order chi connectivity index (χ1) is 8.11. The van der Waals surface area contributed by atoms with Crippen LogP contribution in [0.15, 0.2) is 41.3 Å². The molecule has 0 N–H and O–H groups in total. The van der Waals surface area contributed by atoms with Crippen LogP contribution in [-0.2, 0) is 5.75 Å². The van der Waals surface area contributed by atoms with Crippen LogP contribution in [0.4, 0.5) is 4.39 Å². The standard InChI is InChI=1S/C13H12FNOS/c1-9-6-13(16)10(8-17)7-15(9)12-4-2-11(14)3-5-12/h2-7,17H,8H2,1H3. The number of benzene rings is 1. The van der Waals surface area contributed by atoms with Gasteiger partial charge in [0.15, 0.2) is 5.43 Å². The topological polar surface area (TPSA) is 22.0 Å². The van der Waals surface area contributed by atoms with E-state index in [-0.39, 0.29) is 11.2 Å². The van der Waals surface area contributed by atoms with Crippen LogP contribution in [0.2, 0.25) is 0 Å². The highest BCUT2D eigenvalue weighted by molar-refractivity contribution is 7.79. The Balaban J connectivity index is 2.59. The minimum absolute atomic E-state index is 0.0177. The van der Waals surface area contributed by atoms with Crippen molar-refractivity contribution in [3.63, 3.8) is 0 Å². The van der Waals surface area contributed by atoms with E-state index in [1.807, 2.05) is 11.5 Å². The molecule has 0 saturated carbocycles. The van der Waals surface area contributed by atoms with E-state index in [1.54, 1.807) is 24.4 Å². The maximum atomic E-state index is 12.8. The quantitative estimate of drug-likeness (QED) is 0.812. The number of aromatic nitrogens is 1. The molecule has 4 heteroatoms. The Morgan fingerprint density at radius 3 is 2.53 bits per heavy atom. The summed E-state index contributed by atoms with van der Waals surface area (Å²) in [5.74, 6) is 0.113. The van der Waals surface area contributed by atoms with Crippen molar-refractivity contribution in [3.05, 3.63) is 63.8 Å². The Morgan fingerprint density at radius 2 is 1.94 bits per heavy atom. The highest BCUT2D eigenvalue weighted by atomic mass is 32.1. The average molecular weight is 249 g/mol. The summed E-state index contributed by atoms with van der Waals surface area (Å²) >= 11 is 4.12. The van der Waals surface area contributed by atoms with Gasteiger partial charge in [-0.1, -0.05) is 0 Å². The summed E-state index contributed by atoms with van der Waals surface area (Å²) in [6, 6.07) is 7.71. The largest absolute Gasteiger partial charge is 0.321 e. The zero-order chi connectivity index (χ0) is 12.4. The lowest BCUT2D eigenvalue weighted by molar-refractivity contribution is 0.627. The van der Waals surface area contributed by atoms with Gasteiger partial charge in [0.1, 0.15) is 5.82 Å². The summed E-state index contributed by atoms with van der Waals surface area (Å²) < 4.78 is 14.7. The number of thiol groups is 1. The first kappa shape index (κ1) is 11.9. The van der Waals surface area contributed by atoms with Crippen LogP contribution >= 0.6 is 12.6 Å². The minimum atomic E-state index is -0.276. The van der Waals surface area contributed by atoms with Crippen molar-refractivity contribution in [2.75, 3.05) is 0 Å². The second-order valence-corrected chi connectivity index (χ2v) is 4.13. The van der Waals surface area contributed by atoms with Crippen molar-refractivity contribution in [2.45, 2.75) is 12.7 Å². The Hall–Kier alpha value is -1.55. The van der Waals surface area contributed by atoms with Gasteiger partial charge in [0, 0.05) is 35.0 Å². The summed E-state index contributed by atoms with van der Waals surface area (Å²) in [4.78, 5) is 11.6. The lowest BCUT2D eigenvalue weighted by atomic mass is 10.2. The third-order valence-electron chi connectivity index (χ3n) is 2.60. The van der Waals surface area contributed by atoms with Gasteiger partial charge in [0.2, 0.25) is 0 Å². The van der Waals surface area contributed by atoms with E-state index in [4.69, 9.17) is 0 Å². The maximum Gasteiger partial charge on any atom is 0.185 e. The summed E-state index contributed by atoms with van der Waals surface area (Å²) in [6.45, 7) is 1.84. The fraction of sp³-hybridized carbons (Fsp3) is 0.154. The van der Waals surface area contributed by atoms with Crippen LogP contribution in [0.1, 0.15) is 11.3 Å². The van der Waals surface area contributed by atoms with Crippen LogP contribution in [0, 0.1) is 12.7 Å². The molecule has 0 aliphatic rings. The molecule has 17 heavy (non-hydrogen) atoms. The van der Waals surface area contributed by atoms with E-state index in [1.165, 1.54) is 12.1 Å². The molecule has 2 aromatic rings. The van der Waals surface area contributed by atoms with Gasteiger partial charge in [0.25, 0.3) is 0 Å². The number of halogens is 1. The van der Waals surface area contributed by atoms with Gasteiger partial charge < -0.3 is 4.57 Å². The molecule has 0 saturated heterocycles. The molecular weight excluding hydrogens is 237 g/mol. The number of pyridine rings is 1. The van der Waals surface area contributed by atoms with Gasteiger partial charge >= 0.3 is 0 Å². The van der Waals surface area contributed by atoms with Crippen molar-refractivity contribution >= 4 is 12.6 Å². The van der Waals surface area contributed by atoms with Crippen LogP contribution < -0.4 is 5.43 Å². The highest BCUT2D eigenvalue weighted by Crippen LogP contribution is 2.12. The molecule has 1 heterocycles. The fourth-order valence-corrected chi connectivity index (χ4v) is 1.91. The van der Waals surface area contributed by atoms with Gasteiger partial charge in [-0.2, -0.15) is 12.6 Å². The second kappa shape index (κ2) is 4.75. The van der Waals surface area contributed by atoms with Gasteiger partial charge in [-0.3, -0.25) is 4.79 Å². The molecule has 1 aromatic heterocycles. The van der Waals surface area contributed by atoms with Crippen LogP contribution in [0.3, 0.4) is 0 Å². The Bertz CT molecular complexity index is 589. The van der Waals surface area contributed by atoms with Crippen LogP contribution in [0.25, 0.3) is 5.69 Å². The molecule has 0 atom stereocenters. The van der Waals surface area contributed by atoms with E-state index < -0.39 is 0 Å². The van der Waals surface area contributed by atoms with E-state index in [2.05, 4.69) is 12.6 Å². The first-order valence-electron chi connectivity index (χ1n) is 5.21. The van der Waals surface area contributed by atoms with E-state index in [9.17, 15) is 9.18 Å². The lowest BCUT2D eigenvalue weighted by Crippen LogP contribution is -2.12. The van der Waals surface area contributed by atoms with Crippen LogP contribution in [-0.4, -0.2) is 4.57 Å². The summed E-state index contributed by atoms with van der Waals surface area (Å²) in [5, 5.41) is 0. The SMILES string of the molecule is Cc1cc(=O)c(CS)cn1-c1ccc(F)cc1. The lowest BCUT2D eigenvalue weighted by Gasteiger charge is -2.11. The zero-order valence-corrected chi connectivity index (χ0v) is 10.2. The zero-order valence-electron chi connectivity index (χ0n) is 9.35. The number of nitrogens with zero attached hydrogens (tertiary/aromatic N) is 1. The predicted octanol–water partition coefficient (Wildman–Crippen LogP) is 2.71. The molecular formula is C13H12FNOS. The average Bonchev–Trinajstić information content (AvgIpc) is 2.31. The molecule has 0 unspecified atom stereocenters. The smallest absolute Gasteiger partial charge is 0.185 e. The molecule has 0 aliphatic carbocycles. The van der Waals surface area contributed by atoms with Gasteiger partial charge in [0.05, 0.1) is 0 Å². The number of hydrogen-bond donors (Lipinski definition) is 1. The molecule has 0 aliphatic heterocycles. The van der Waals surface area contributed by atoms with Crippen molar-refractivity contribution in [3.8, 4) is 5.69 Å². The molecule has 2 rings (SSSR count). The maximum absolute atomic E-state index is 12.8. The number of rotatable bonds is 2. The molecule has 0 bridgehead atoms. The molecule has 2 nitrogen and oxygen atoms in total. The molecule has 0 fully saturated rings. The molecule has 0 amide bonds. The van der Waals surface area contributed by atoms with E-state index in [0.717, 1.165) is 11.4 Å². The van der Waals surface area contributed by atoms with Gasteiger partial charge in [-0.25, -0.2) is 4.39 Å². The third-order valence-corrected chi connectivity index (χ3v) is 2.94. The van der Waals surface area contributed by atoms with Gasteiger partial charge in [-0.15, -0.1) is 0 Å². The van der Waals surface area contributed by atoms with E-state index in [0.29, 0.717) is 11.3 Å². The summed E-state index contributed by atoms with van der Waals surface area (Å²) in [5.41, 5.74) is 2.25. The van der Waals surface area contributed by atoms with Crippen molar-refractivity contribution < 1.29 is 4.39 Å². The monoisotopic (exact) mass is 249 g/mol. The molecule has 88 valence electrons. The molecule has 0 spiro atoms. The summed E-state index contributed by atoms with van der Waals surface area (Å²) in [7, 11) is 0. The highest BCUT2D eigenvalue weighted by Gasteiger charge is 2.04. The second-order valence-electron chi connectivity index (χ2n) is 3.81. The Morgan fingerprint density at radius 1 is 1.29 bits per heavy atom. The minimum Gasteiger partial charge on any atom is -0.321 e. The normalized spacial score (nSPS) is 10.5. The Labute approximate surface area is 104 Å². The molecule has 1 aromatic carbocycles. The Kier molecular flexibility index (Phi) is 3.33.